The van der Waals surface area contributed by atoms with E-state index in [-0.39, 0.29) is 11.8 Å². The molecule has 0 aromatic rings. The van der Waals surface area contributed by atoms with Crippen LogP contribution >= 0.6 is 0 Å². The minimum atomic E-state index is -0.0669. The molecule has 1 saturated heterocycles. The van der Waals surface area contributed by atoms with E-state index in [1.54, 1.807) is 0 Å². The van der Waals surface area contributed by atoms with Gasteiger partial charge in [-0.15, -0.1) is 0 Å². The van der Waals surface area contributed by atoms with Crippen LogP contribution in [-0.4, -0.2) is 61.0 Å². The maximum atomic E-state index is 12.3. The summed E-state index contributed by atoms with van der Waals surface area (Å²) < 4.78 is 0. The van der Waals surface area contributed by atoms with Crippen LogP contribution in [-0.2, 0) is 4.79 Å². The number of nitriles is 2. The van der Waals surface area contributed by atoms with Crippen molar-refractivity contribution in [1.82, 2.24) is 15.1 Å². The molecule has 0 bridgehead atoms. The van der Waals surface area contributed by atoms with E-state index in [2.05, 4.69) is 34.2 Å². The zero-order valence-electron chi connectivity index (χ0n) is 15.4. The third-order valence-electron chi connectivity index (χ3n) is 5.40. The summed E-state index contributed by atoms with van der Waals surface area (Å²) in [5, 5.41) is 21.0. The molecule has 2 aliphatic rings. The second-order valence-corrected chi connectivity index (χ2v) is 7.64. The summed E-state index contributed by atoms with van der Waals surface area (Å²) in [6.45, 7) is 6.99. The molecule has 1 heterocycles. The van der Waals surface area contributed by atoms with Crippen LogP contribution in [0.3, 0.4) is 0 Å². The van der Waals surface area contributed by atoms with Crippen LogP contribution in [0.25, 0.3) is 0 Å². The van der Waals surface area contributed by atoms with Gasteiger partial charge >= 0.3 is 0 Å². The molecule has 6 heteroatoms. The molecule has 1 aliphatic carbocycles. The van der Waals surface area contributed by atoms with E-state index in [1.807, 2.05) is 0 Å². The lowest BCUT2D eigenvalue weighted by atomic mass is 9.87. The number of nitrogens with one attached hydrogen (secondary N) is 1. The Balaban J connectivity index is 1.65. The van der Waals surface area contributed by atoms with E-state index in [4.69, 9.17) is 5.26 Å². The normalized spacial score (nSPS) is 26.4. The molecule has 138 valence electrons. The average Bonchev–Trinajstić information content (AvgIpc) is 2.60. The van der Waals surface area contributed by atoms with Crippen molar-refractivity contribution in [1.29, 1.82) is 10.5 Å². The smallest absolute Gasteiger partial charge is 0.234 e. The SMILES string of the molecule is CC1CCCC(NC(=O)CN2CCN(CC(C#N)CCC#N)CC2)C1. The van der Waals surface area contributed by atoms with Crippen LogP contribution in [0, 0.1) is 34.5 Å². The first-order valence-electron chi connectivity index (χ1n) is 9.61. The van der Waals surface area contributed by atoms with Crippen molar-refractivity contribution < 1.29 is 4.79 Å². The topological polar surface area (TPSA) is 83.2 Å². The zero-order chi connectivity index (χ0) is 18.1. The van der Waals surface area contributed by atoms with Crippen molar-refractivity contribution in [3.05, 3.63) is 0 Å². The second kappa shape index (κ2) is 10.4. The molecule has 1 aliphatic heterocycles. The number of piperazine rings is 1. The Kier molecular flexibility index (Phi) is 8.18. The number of amides is 1. The highest BCUT2D eigenvalue weighted by Gasteiger charge is 2.24. The van der Waals surface area contributed by atoms with Crippen LogP contribution in [0.1, 0.15) is 45.4 Å². The van der Waals surface area contributed by atoms with E-state index in [1.165, 1.54) is 12.8 Å². The van der Waals surface area contributed by atoms with Gasteiger partial charge < -0.3 is 5.32 Å². The molecule has 3 atom stereocenters. The molecule has 6 nitrogen and oxygen atoms in total. The summed E-state index contributed by atoms with van der Waals surface area (Å²) in [4.78, 5) is 16.8. The molecular formula is C19H31N5O. The van der Waals surface area contributed by atoms with E-state index < -0.39 is 0 Å². The lowest BCUT2D eigenvalue weighted by Crippen LogP contribution is -2.51. The van der Waals surface area contributed by atoms with Crippen LogP contribution in [0.5, 0.6) is 0 Å². The van der Waals surface area contributed by atoms with E-state index in [0.29, 0.717) is 25.4 Å². The minimum Gasteiger partial charge on any atom is -0.352 e. The van der Waals surface area contributed by atoms with Gasteiger partial charge in [0.25, 0.3) is 0 Å². The van der Waals surface area contributed by atoms with Gasteiger partial charge in [0.15, 0.2) is 0 Å². The highest BCUT2D eigenvalue weighted by molar-refractivity contribution is 5.78. The minimum absolute atomic E-state index is 0.0669. The molecule has 0 aromatic carbocycles. The second-order valence-electron chi connectivity index (χ2n) is 7.64. The zero-order valence-corrected chi connectivity index (χ0v) is 15.4. The van der Waals surface area contributed by atoms with Gasteiger partial charge in [0.2, 0.25) is 5.91 Å². The van der Waals surface area contributed by atoms with Crippen LogP contribution in [0.2, 0.25) is 0 Å². The molecule has 1 saturated carbocycles. The Morgan fingerprint density at radius 1 is 1.20 bits per heavy atom. The summed E-state index contributed by atoms with van der Waals surface area (Å²) >= 11 is 0. The summed E-state index contributed by atoms with van der Waals surface area (Å²) in [5.74, 6) is 0.802. The van der Waals surface area contributed by atoms with Crippen molar-refractivity contribution in [2.24, 2.45) is 11.8 Å². The van der Waals surface area contributed by atoms with Gasteiger partial charge in [-0.3, -0.25) is 14.6 Å². The number of carbonyl (C=O) groups excluding carboxylic acids is 1. The molecule has 0 spiro atoms. The van der Waals surface area contributed by atoms with Crippen molar-refractivity contribution in [2.45, 2.75) is 51.5 Å². The van der Waals surface area contributed by atoms with E-state index in [9.17, 15) is 10.1 Å². The highest BCUT2D eigenvalue weighted by Crippen LogP contribution is 2.23. The predicted molar refractivity (Wildman–Crippen MR) is 96.4 cm³/mol. The summed E-state index contributed by atoms with van der Waals surface area (Å²) in [6.07, 6.45) is 5.82. The third kappa shape index (κ3) is 7.02. The molecule has 25 heavy (non-hydrogen) atoms. The van der Waals surface area contributed by atoms with Gasteiger partial charge in [-0.25, -0.2) is 0 Å². The van der Waals surface area contributed by atoms with Crippen molar-refractivity contribution in [3.63, 3.8) is 0 Å². The molecule has 1 N–H and O–H groups in total. The van der Waals surface area contributed by atoms with Crippen LogP contribution < -0.4 is 5.32 Å². The summed E-state index contributed by atoms with van der Waals surface area (Å²) in [5.41, 5.74) is 0. The van der Waals surface area contributed by atoms with Gasteiger partial charge in [0.05, 0.1) is 24.6 Å². The number of nitrogens with zero attached hydrogens (tertiary/aromatic N) is 4. The quantitative estimate of drug-likeness (QED) is 0.760. The van der Waals surface area contributed by atoms with Crippen LogP contribution in [0.15, 0.2) is 0 Å². The maximum absolute atomic E-state index is 12.3. The van der Waals surface area contributed by atoms with E-state index in [0.717, 1.165) is 51.5 Å². The Hall–Kier alpha value is -1.63. The first-order chi connectivity index (χ1) is 12.1. The Morgan fingerprint density at radius 3 is 2.56 bits per heavy atom. The molecule has 2 rings (SSSR count). The van der Waals surface area contributed by atoms with Gasteiger partial charge in [-0.2, -0.15) is 10.5 Å². The fourth-order valence-corrected chi connectivity index (χ4v) is 3.92. The third-order valence-corrected chi connectivity index (χ3v) is 5.40. The number of carbonyl (C=O) groups is 1. The molecular weight excluding hydrogens is 314 g/mol. The monoisotopic (exact) mass is 345 g/mol. The van der Waals surface area contributed by atoms with E-state index >= 15 is 0 Å². The fourth-order valence-electron chi connectivity index (χ4n) is 3.92. The number of hydrogen-bond acceptors (Lipinski definition) is 5. The standard InChI is InChI=1S/C19H31N5O/c1-16-4-2-6-18(12-16)22-19(25)15-24-10-8-23(9-11-24)14-17(13-21)5-3-7-20/h16-18H,2-6,8-12,14-15H2,1H3,(H,22,25). The van der Waals surface area contributed by atoms with Crippen LogP contribution in [0.4, 0.5) is 0 Å². The maximum Gasteiger partial charge on any atom is 0.234 e. The summed E-state index contributed by atoms with van der Waals surface area (Å²) in [6, 6.07) is 4.77. The fraction of sp³-hybridized carbons (Fsp3) is 0.842. The Morgan fingerprint density at radius 2 is 1.92 bits per heavy atom. The van der Waals surface area contributed by atoms with Gasteiger partial charge in [-0.05, 0) is 25.2 Å². The first kappa shape index (κ1) is 19.7. The molecule has 2 fully saturated rings. The summed E-state index contributed by atoms with van der Waals surface area (Å²) in [7, 11) is 0. The predicted octanol–water partition coefficient (Wildman–Crippen LogP) is 1.74. The largest absolute Gasteiger partial charge is 0.352 e. The highest BCUT2D eigenvalue weighted by atomic mass is 16.2. The molecule has 0 radical (unpaired) electrons. The lowest BCUT2D eigenvalue weighted by Gasteiger charge is -2.35. The molecule has 0 aromatic heterocycles. The van der Waals surface area contributed by atoms with Gasteiger partial charge in [-0.1, -0.05) is 19.8 Å². The van der Waals surface area contributed by atoms with Crippen molar-refractivity contribution >= 4 is 5.91 Å². The molecule has 1 amide bonds. The Labute approximate surface area is 151 Å². The molecule has 3 unspecified atom stereocenters. The Bertz CT molecular complexity index is 501. The van der Waals surface area contributed by atoms with Crippen molar-refractivity contribution in [2.75, 3.05) is 39.3 Å². The lowest BCUT2D eigenvalue weighted by molar-refractivity contribution is -0.123. The van der Waals surface area contributed by atoms with Gasteiger partial charge in [0.1, 0.15) is 0 Å². The number of rotatable bonds is 7. The van der Waals surface area contributed by atoms with Gasteiger partial charge in [0, 0.05) is 45.2 Å². The number of hydrogen-bond donors (Lipinski definition) is 1. The average molecular weight is 345 g/mol. The first-order valence-corrected chi connectivity index (χ1v) is 9.61. The van der Waals surface area contributed by atoms with Crippen molar-refractivity contribution in [3.8, 4) is 12.1 Å².